The molecule has 0 saturated heterocycles. The maximum Gasteiger partial charge on any atom is 0.0991 e. The molecule has 3 nitrogen and oxygen atoms in total. The highest BCUT2D eigenvalue weighted by atomic mass is 16.3. The van der Waals surface area contributed by atoms with Crippen LogP contribution in [0.15, 0.2) is 24.3 Å². The van der Waals surface area contributed by atoms with Crippen LogP contribution in [0.4, 0.5) is 0 Å². The summed E-state index contributed by atoms with van der Waals surface area (Å²) in [6.07, 6.45) is 13.7. The van der Waals surface area contributed by atoms with Gasteiger partial charge >= 0.3 is 0 Å². The Hall–Kier alpha value is -1.37. The topological polar surface area (TPSA) is 64.2 Å². The summed E-state index contributed by atoms with van der Waals surface area (Å²) in [5, 5.41) is 31.1. The van der Waals surface area contributed by atoms with Crippen molar-refractivity contribution in [1.29, 1.82) is 5.26 Å². The Morgan fingerprint density at radius 3 is 2.53 bits per heavy atom. The van der Waals surface area contributed by atoms with E-state index < -0.39 is 11.7 Å². The second-order valence-electron chi connectivity index (χ2n) is 14.0. The minimum absolute atomic E-state index is 0.408. The van der Waals surface area contributed by atoms with E-state index in [1.54, 1.807) is 6.07 Å². The number of rotatable bonds is 6. The van der Waals surface area contributed by atoms with Gasteiger partial charge in [-0.1, -0.05) is 39.8 Å². The first-order valence-corrected chi connectivity index (χ1v) is 15.0. The molecule has 0 aliphatic heterocycles. The van der Waals surface area contributed by atoms with Crippen molar-refractivity contribution in [1.82, 2.24) is 0 Å². The van der Waals surface area contributed by atoms with Crippen molar-refractivity contribution in [2.45, 2.75) is 116 Å². The van der Waals surface area contributed by atoms with Gasteiger partial charge in [0.05, 0.1) is 23.3 Å². The zero-order valence-corrected chi connectivity index (χ0v) is 23.2. The molecule has 4 aliphatic rings. The monoisotopic (exact) mass is 491 g/mol. The van der Waals surface area contributed by atoms with Gasteiger partial charge in [-0.2, -0.15) is 5.26 Å². The molecular formula is C33H49NO2. The van der Waals surface area contributed by atoms with Crippen molar-refractivity contribution in [2.75, 3.05) is 0 Å². The van der Waals surface area contributed by atoms with E-state index in [1.807, 2.05) is 18.2 Å². The molecule has 0 aromatic heterocycles. The van der Waals surface area contributed by atoms with Gasteiger partial charge in [0.25, 0.3) is 0 Å². The van der Waals surface area contributed by atoms with Crippen LogP contribution in [0.5, 0.6) is 0 Å². The third kappa shape index (κ3) is 4.35. The molecule has 198 valence electrons. The van der Waals surface area contributed by atoms with Gasteiger partial charge in [-0.25, -0.2) is 0 Å². The summed E-state index contributed by atoms with van der Waals surface area (Å²) in [5.41, 5.74) is 1.97. The molecule has 4 aliphatic carbocycles. The first kappa shape index (κ1) is 26.2. The van der Waals surface area contributed by atoms with Crippen molar-refractivity contribution < 1.29 is 10.2 Å². The average molecular weight is 492 g/mol. The number of nitrogens with zero attached hydrogens (tertiary/aromatic N) is 1. The number of hydrogen-bond acceptors (Lipinski definition) is 3. The van der Waals surface area contributed by atoms with Gasteiger partial charge < -0.3 is 10.2 Å². The number of nitriles is 1. The summed E-state index contributed by atoms with van der Waals surface area (Å²) in [4.78, 5) is 0. The lowest BCUT2D eigenvalue weighted by molar-refractivity contribution is -0.152. The fourth-order valence-electron chi connectivity index (χ4n) is 10.2. The van der Waals surface area contributed by atoms with Crippen LogP contribution in [0.1, 0.15) is 122 Å². The fourth-order valence-corrected chi connectivity index (χ4v) is 10.2. The van der Waals surface area contributed by atoms with E-state index in [1.165, 1.54) is 44.9 Å². The van der Waals surface area contributed by atoms with Crippen LogP contribution in [-0.4, -0.2) is 15.8 Å². The molecule has 10 atom stereocenters. The summed E-state index contributed by atoms with van der Waals surface area (Å²) < 4.78 is 0. The fraction of sp³-hybridized carbons (Fsp3) is 0.788. The lowest BCUT2D eigenvalue weighted by Gasteiger charge is -2.62. The molecular weight excluding hydrogens is 442 g/mol. The molecule has 0 amide bonds. The summed E-state index contributed by atoms with van der Waals surface area (Å²) >= 11 is 0. The number of hydrogen-bond donors (Lipinski definition) is 2. The van der Waals surface area contributed by atoms with Crippen LogP contribution >= 0.6 is 0 Å². The standard InChI is InChI=1S/C33H49NO2/c1-5-33(36)18-17-31(3)25(20-33)10-11-26-28-13-12-27(32(28,4)16-15-29(26)31)22(2)9-14-30(35)24-8-6-7-23(19-24)21-34/h6-8,19,22,25-30,35-36H,5,9-18,20H2,1-4H3/t22-,25?,26+,27-,28+,29+,30+,31+,32-,33+/m1/s1. The predicted octanol–water partition coefficient (Wildman–Crippen LogP) is 7.81. The van der Waals surface area contributed by atoms with Gasteiger partial charge in [-0.05, 0) is 141 Å². The maximum absolute atomic E-state index is 11.1. The second kappa shape index (κ2) is 9.74. The highest BCUT2D eigenvalue weighted by molar-refractivity contribution is 5.33. The molecule has 1 aromatic carbocycles. The van der Waals surface area contributed by atoms with Gasteiger partial charge in [-0.15, -0.1) is 0 Å². The number of aliphatic hydroxyl groups excluding tert-OH is 1. The SMILES string of the molecule is CC[C@]1(O)CC[C@@]2(C)C(CC[C@H]3[C@@H]4CC[C@H]([C@H](C)CC[C@H](O)c5cccc(C#N)c5)[C@@]4(C)CC[C@@H]32)C1. The molecule has 4 fully saturated rings. The van der Waals surface area contributed by atoms with Crippen LogP contribution in [0.25, 0.3) is 0 Å². The first-order valence-electron chi connectivity index (χ1n) is 15.0. The zero-order valence-electron chi connectivity index (χ0n) is 23.2. The molecule has 0 bridgehead atoms. The molecule has 2 N–H and O–H groups in total. The summed E-state index contributed by atoms with van der Waals surface area (Å²) in [5.74, 6) is 4.65. The van der Waals surface area contributed by atoms with E-state index in [2.05, 4.69) is 33.8 Å². The van der Waals surface area contributed by atoms with E-state index in [0.29, 0.717) is 28.2 Å². The minimum Gasteiger partial charge on any atom is -0.390 e. The zero-order chi connectivity index (χ0) is 25.7. The van der Waals surface area contributed by atoms with Crippen molar-refractivity contribution in [3.05, 3.63) is 35.4 Å². The molecule has 0 radical (unpaired) electrons. The Morgan fingerprint density at radius 2 is 1.78 bits per heavy atom. The Kier molecular flexibility index (Phi) is 7.10. The molecule has 0 heterocycles. The van der Waals surface area contributed by atoms with Crippen molar-refractivity contribution in [2.24, 2.45) is 46.3 Å². The van der Waals surface area contributed by atoms with Crippen molar-refractivity contribution in [3.8, 4) is 6.07 Å². The molecule has 36 heavy (non-hydrogen) atoms. The maximum atomic E-state index is 11.1. The first-order chi connectivity index (χ1) is 17.1. The Bertz CT molecular complexity index is 984. The van der Waals surface area contributed by atoms with Crippen LogP contribution in [0.2, 0.25) is 0 Å². The van der Waals surface area contributed by atoms with Gasteiger partial charge in [0.1, 0.15) is 0 Å². The molecule has 4 saturated carbocycles. The minimum atomic E-state index is -0.482. The van der Waals surface area contributed by atoms with Gasteiger partial charge in [-0.3, -0.25) is 0 Å². The number of fused-ring (bicyclic) bond motifs is 5. The highest BCUT2D eigenvalue weighted by Gasteiger charge is 2.61. The van der Waals surface area contributed by atoms with Crippen LogP contribution < -0.4 is 0 Å². The molecule has 1 aromatic rings. The van der Waals surface area contributed by atoms with Gasteiger partial charge in [0, 0.05) is 0 Å². The molecule has 0 spiro atoms. The number of aliphatic hydroxyl groups is 2. The number of benzene rings is 1. The van der Waals surface area contributed by atoms with Crippen LogP contribution in [0, 0.1) is 57.7 Å². The quantitative estimate of drug-likeness (QED) is 0.426. The second-order valence-corrected chi connectivity index (χ2v) is 14.0. The summed E-state index contributed by atoms with van der Waals surface area (Å²) in [6.45, 7) is 9.83. The van der Waals surface area contributed by atoms with Crippen LogP contribution in [-0.2, 0) is 0 Å². The van der Waals surface area contributed by atoms with E-state index in [-0.39, 0.29) is 0 Å². The Balaban J connectivity index is 1.24. The van der Waals surface area contributed by atoms with E-state index >= 15 is 0 Å². The Labute approximate surface area is 219 Å². The molecule has 1 unspecified atom stereocenters. The van der Waals surface area contributed by atoms with Gasteiger partial charge in [0.2, 0.25) is 0 Å². The lowest BCUT2D eigenvalue weighted by Crippen LogP contribution is -2.56. The van der Waals surface area contributed by atoms with E-state index in [0.717, 1.165) is 61.3 Å². The smallest absolute Gasteiger partial charge is 0.0991 e. The third-order valence-corrected chi connectivity index (χ3v) is 12.5. The largest absolute Gasteiger partial charge is 0.390 e. The molecule has 3 heteroatoms. The van der Waals surface area contributed by atoms with E-state index in [9.17, 15) is 15.5 Å². The van der Waals surface area contributed by atoms with Crippen molar-refractivity contribution >= 4 is 0 Å². The van der Waals surface area contributed by atoms with Crippen molar-refractivity contribution in [3.63, 3.8) is 0 Å². The third-order valence-electron chi connectivity index (χ3n) is 12.5. The lowest BCUT2D eigenvalue weighted by atomic mass is 9.43. The average Bonchev–Trinajstić information content (AvgIpc) is 3.25. The van der Waals surface area contributed by atoms with Gasteiger partial charge in [0.15, 0.2) is 0 Å². The Morgan fingerprint density at radius 1 is 1.00 bits per heavy atom. The van der Waals surface area contributed by atoms with Crippen LogP contribution in [0.3, 0.4) is 0 Å². The van der Waals surface area contributed by atoms with E-state index in [4.69, 9.17) is 0 Å². The highest BCUT2D eigenvalue weighted by Crippen LogP contribution is 2.69. The normalized spacial score (nSPS) is 43.5. The predicted molar refractivity (Wildman–Crippen MR) is 145 cm³/mol. The summed E-state index contributed by atoms with van der Waals surface area (Å²) in [6, 6.07) is 9.67. The molecule has 5 rings (SSSR count). The summed E-state index contributed by atoms with van der Waals surface area (Å²) in [7, 11) is 0.